The summed E-state index contributed by atoms with van der Waals surface area (Å²) >= 11 is 0. The van der Waals surface area contributed by atoms with E-state index in [1.54, 1.807) is 6.20 Å². The summed E-state index contributed by atoms with van der Waals surface area (Å²) in [5, 5.41) is 0.961. The number of ketones is 1. The Morgan fingerprint density at radius 3 is 2.94 bits per heavy atom. The van der Waals surface area contributed by atoms with Gasteiger partial charge in [0.25, 0.3) is 0 Å². The summed E-state index contributed by atoms with van der Waals surface area (Å²) in [6, 6.07) is 3.85. The van der Waals surface area contributed by atoms with Gasteiger partial charge in [-0.05, 0) is 25.0 Å². The van der Waals surface area contributed by atoms with Gasteiger partial charge in [-0.1, -0.05) is 19.3 Å². The Hall–Kier alpha value is -1.64. The summed E-state index contributed by atoms with van der Waals surface area (Å²) in [7, 11) is 0. The number of hydrogen-bond donors (Lipinski definition) is 1. The Balaban J connectivity index is 1.95. The second-order valence-electron chi connectivity index (χ2n) is 4.80. The SMILES string of the molecule is O=C(c1c[nH]c2ncccc12)C1CCCCC1. The predicted molar refractivity (Wildman–Crippen MR) is 67.0 cm³/mol. The van der Waals surface area contributed by atoms with Gasteiger partial charge in [0.15, 0.2) is 5.78 Å². The summed E-state index contributed by atoms with van der Waals surface area (Å²) in [5.74, 6) is 0.520. The lowest BCUT2D eigenvalue weighted by Crippen LogP contribution is -2.17. The van der Waals surface area contributed by atoms with Crippen LogP contribution in [0.1, 0.15) is 42.5 Å². The van der Waals surface area contributed by atoms with Crippen molar-refractivity contribution >= 4 is 16.8 Å². The molecule has 0 radical (unpaired) electrons. The number of nitrogens with zero attached hydrogens (tertiary/aromatic N) is 1. The number of Topliss-reactive ketones (excluding diaryl/α,β-unsaturated/α-hetero) is 1. The second kappa shape index (κ2) is 4.32. The van der Waals surface area contributed by atoms with Crippen LogP contribution in [-0.4, -0.2) is 15.8 Å². The smallest absolute Gasteiger partial charge is 0.168 e. The van der Waals surface area contributed by atoms with Gasteiger partial charge in [-0.15, -0.1) is 0 Å². The third-order valence-electron chi connectivity index (χ3n) is 3.69. The molecule has 17 heavy (non-hydrogen) atoms. The van der Waals surface area contributed by atoms with Crippen LogP contribution in [0.15, 0.2) is 24.5 Å². The monoisotopic (exact) mass is 228 g/mol. The lowest BCUT2D eigenvalue weighted by atomic mass is 9.84. The molecule has 1 aliphatic rings. The minimum absolute atomic E-state index is 0.225. The maximum Gasteiger partial charge on any atom is 0.168 e. The first kappa shape index (κ1) is 10.5. The van der Waals surface area contributed by atoms with Crippen LogP contribution >= 0.6 is 0 Å². The van der Waals surface area contributed by atoms with Crippen molar-refractivity contribution in [1.29, 1.82) is 0 Å². The maximum atomic E-state index is 12.4. The highest BCUT2D eigenvalue weighted by molar-refractivity contribution is 6.08. The van der Waals surface area contributed by atoms with Crippen LogP contribution in [0.5, 0.6) is 0 Å². The molecule has 3 rings (SSSR count). The number of hydrogen-bond acceptors (Lipinski definition) is 2. The topological polar surface area (TPSA) is 45.8 Å². The lowest BCUT2D eigenvalue weighted by molar-refractivity contribution is 0.0891. The first-order valence-electron chi connectivity index (χ1n) is 6.32. The maximum absolute atomic E-state index is 12.4. The molecule has 0 aliphatic heterocycles. The molecule has 0 saturated heterocycles. The van der Waals surface area contributed by atoms with Gasteiger partial charge in [0, 0.05) is 29.3 Å². The fourth-order valence-corrected chi connectivity index (χ4v) is 2.74. The number of H-pyrrole nitrogens is 1. The number of aromatic nitrogens is 2. The van der Waals surface area contributed by atoms with Crippen molar-refractivity contribution in [1.82, 2.24) is 9.97 Å². The highest BCUT2D eigenvalue weighted by atomic mass is 16.1. The molecule has 1 saturated carbocycles. The fourth-order valence-electron chi connectivity index (χ4n) is 2.74. The molecule has 88 valence electrons. The zero-order valence-electron chi connectivity index (χ0n) is 9.78. The molecule has 0 bridgehead atoms. The van der Waals surface area contributed by atoms with E-state index in [0.29, 0.717) is 5.78 Å². The van der Waals surface area contributed by atoms with Crippen molar-refractivity contribution in [3.8, 4) is 0 Å². The van der Waals surface area contributed by atoms with E-state index in [2.05, 4.69) is 9.97 Å². The van der Waals surface area contributed by atoms with Crippen LogP contribution in [0.3, 0.4) is 0 Å². The third kappa shape index (κ3) is 1.86. The molecular weight excluding hydrogens is 212 g/mol. The second-order valence-corrected chi connectivity index (χ2v) is 4.80. The Labute approximate surface area is 100 Å². The quantitative estimate of drug-likeness (QED) is 0.801. The Morgan fingerprint density at radius 2 is 2.12 bits per heavy atom. The summed E-state index contributed by atoms with van der Waals surface area (Å²) in [5.41, 5.74) is 1.63. The van der Waals surface area contributed by atoms with E-state index in [9.17, 15) is 4.79 Å². The highest BCUT2D eigenvalue weighted by Crippen LogP contribution is 2.29. The molecule has 0 spiro atoms. The van der Waals surface area contributed by atoms with Crippen LogP contribution < -0.4 is 0 Å². The summed E-state index contributed by atoms with van der Waals surface area (Å²) in [6.07, 6.45) is 9.31. The number of pyridine rings is 1. The standard InChI is InChI=1S/C14H16N2O/c17-13(10-5-2-1-3-6-10)12-9-16-14-11(12)7-4-8-15-14/h4,7-10H,1-3,5-6H2,(H,15,16). The average molecular weight is 228 g/mol. The minimum Gasteiger partial charge on any atom is -0.345 e. The van der Waals surface area contributed by atoms with Crippen molar-refractivity contribution in [3.05, 3.63) is 30.1 Å². The number of fused-ring (bicyclic) bond motifs is 1. The van der Waals surface area contributed by atoms with Crippen molar-refractivity contribution in [3.63, 3.8) is 0 Å². The first-order valence-corrected chi connectivity index (χ1v) is 6.32. The zero-order chi connectivity index (χ0) is 11.7. The molecule has 1 N–H and O–H groups in total. The Kier molecular flexibility index (Phi) is 2.67. The molecule has 2 aromatic heterocycles. The van der Waals surface area contributed by atoms with Gasteiger partial charge < -0.3 is 4.98 Å². The van der Waals surface area contributed by atoms with Crippen molar-refractivity contribution in [2.75, 3.05) is 0 Å². The molecule has 2 aromatic rings. The molecule has 0 amide bonds. The van der Waals surface area contributed by atoms with Crippen LogP contribution in [0.25, 0.3) is 11.0 Å². The number of carbonyl (C=O) groups excluding carboxylic acids is 1. The molecule has 3 heteroatoms. The van der Waals surface area contributed by atoms with E-state index >= 15 is 0 Å². The first-order chi connectivity index (χ1) is 8.36. The molecule has 0 atom stereocenters. The lowest BCUT2D eigenvalue weighted by Gasteiger charge is -2.19. The highest BCUT2D eigenvalue weighted by Gasteiger charge is 2.24. The predicted octanol–water partition coefficient (Wildman–Crippen LogP) is 3.33. The number of carbonyl (C=O) groups is 1. The van der Waals surface area contributed by atoms with E-state index in [1.165, 1.54) is 19.3 Å². The van der Waals surface area contributed by atoms with Crippen LogP contribution in [0.4, 0.5) is 0 Å². The molecule has 0 unspecified atom stereocenters. The van der Waals surface area contributed by atoms with Crippen LogP contribution in [-0.2, 0) is 0 Å². The minimum atomic E-state index is 0.225. The Bertz CT molecular complexity index is 538. The Morgan fingerprint density at radius 1 is 1.29 bits per heavy atom. The molecule has 1 aliphatic carbocycles. The van der Waals surface area contributed by atoms with Gasteiger partial charge in [-0.3, -0.25) is 4.79 Å². The number of nitrogens with one attached hydrogen (secondary N) is 1. The van der Waals surface area contributed by atoms with Gasteiger partial charge in [-0.2, -0.15) is 0 Å². The summed E-state index contributed by atoms with van der Waals surface area (Å²) < 4.78 is 0. The number of rotatable bonds is 2. The van der Waals surface area contributed by atoms with Crippen LogP contribution in [0.2, 0.25) is 0 Å². The van der Waals surface area contributed by atoms with Gasteiger partial charge in [0.1, 0.15) is 5.65 Å². The summed E-state index contributed by atoms with van der Waals surface area (Å²) in [4.78, 5) is 19.7. The van der Waals surface area contributed by atoms with E-state index < -0.39 is 0 Å². The third-order valence-corrected chi connectivity index (χ3v) is 3.69. The molecular formula is C14H16N2O. The molecule has 0 aromatic carbocycles. The van der Waals surface area contributed by atoms with Crippen molar-refractivity contribution in [2.45, 2.75) is 32.1 Å². The van der Waals surface area contributed by atoms with Crippen molar-refractivity contribution < 1.29 is 4.79 Å². The van der Waals surface area contributed by atoms with Crippen molar-refractivity contribution in [2.24, 2.45) is 5.92 Å². The number of aromatic amines is 1. The van der Waals surface area contributed by atoms with E-state index in [0.717, 1.165) is 29.4 Å². The average Bonchev–Trinajstić information content (AvgIpc) is 2.83. The normalized spacial score (nSPS) is 17.4. The van der Waals surface area contributed by atoms with Gasteiger partial charge in [0.2, 0.25) is 0 Å². The van der Waals surface area contributed by atoms with Gasteiger partial charge in [-0.25, -0.2) is 4.98 Å². The summed E-state index contributed by atoms with van der Waals surface area (Å²) in [6.45, 7) is 0. The van der Waals surface area contributed by atoms with Gasteiger partial charge in [0.05, 0.1) is 0 Å². The van der Waals surface area contributed by atoms with Crippen LogP contribution in [0, 0.1) is 5.92 Å². The molecule has 1 fully saturated rings. The van der Waals surface area contributed by atoms with E-state index in [1.807, 2.05) is 18.3 Å². The van der Waals surface area contributed by atoms with E-state index in [4.69, 9.17) is 0 Å². The molecule has 3 nitrogen and oxygen atoms in total. The van der Waals surface area contributed by atoms with E-state index in [-0.39, 0.29) is 5.92 Å². The largest absolute Gasteiger partial charge is 0.345 e. The van der Waals surface area contributed by atoms with Gasteiger partial charge >= 0.3 is 0 Å². The molecule has 2 heterocycles. The fraction of sp³-hybridized carbons (Fsp3) is 0.429. The zero-order valence-corrected chi connectivity index (χ0v) is 9.78.